The van der Waals surface area contributed by atoms with Crippen LogP contribution in [0.5, 0.6) is 0 Å². The molecule has 2 rings (SSSR count). The molecule has 0 fully saturated rings. The maximum Gasteiger partial charge on any atom is 0.319 e. The van der Waals surface area contributed by atoms with E-state index in [-0.39, 0.29) is 17.7 Å². The summed E-state index contributed by atoms with van der Waals surface area (Å²) in [5, 5.41) is 8.60. The summed E-state index contributed by atoms with van der Waals surface area (Å²) in [5.41, 5.74) is 1.55. The molecule has 1 aromatic carbocycles. The number of hydrogen-bond donors (Lipinski definition) is 3. The molecule has 3 N–H and O–H groups in total. The highest BCUT2D eigenvalue weighted by molar-refractivity contribution is 6.30. The van der Waals surface area contributed by atoms with E-state index in [4.69, 9.17) is 16.0 Å². The summed E-state index contributed by atoms with van der Waals surface area (Å²) in [4.78, 5) is 23.3. The number of hydrogen-bond acceptors (Lipinski definition) is 3. The second-order valence-corrected chi connectivity index (χ2v) is 5.01. The van der Waals surface area contributed by atoms with Crippen LogP contribution in [0.1, 0.15) is 16.1 Å². The maximum atomic E-state index is 11.7. The molecule has 1 aromatic heterocycles. The fraction of sp³-hybridized carbons (Fsp3) is 0.200. The number of carbonyl (C=O) groups excluding carboxylic acids is 2. The smallest absolute Gasteiger partial charge is 0.319 e. The summed E-state index contributed by atoms with van der Waals surface area (Å²) < 4.78 is 4.95. The lowest BCUT2D eigenvalue weighted by Gasteiger charge is -2.10. The van der Waals surface area contributed by atoms with Crippen molar-refractivity contribution in [2.24, 2.45) is 0 Å². The molecule has 0 spiro atoms. The molecule has 0 bridgehead atoms. The molecule has 0 aliphatic heterocycles. The number of benzene rings is 1. The van der Waals surface area contributed by atoms with Crippen LogP contribution in [0.3, 0.4) is 0 Å². The van der Waals surface area contributed by atoms with Gasteiger partial charge in [-0.05, 0) is 42.8 Å². The molecule has 2 aromatic rings. The van der Waals surface area contributed by atoms with Gasteiger partial charge in [0.05, 0.1) is 6.26 Å². The molecule has 0 saturated carbocycles. The average Bonchev–Trinajstić information content (AvgIpc) is 3.01. The van der Waals surface area contributed by atoms with Crippen LogP contribution in [-0.2, 0) is 0 Å². The van der Waals surface area contributed by atoms with Gasteiger partial charge in [-0.25, -0.2) is 4.79 Å². The van der Waals surface area contributed by atoms with Crippen molar-refractivity contribution in [3.8, 4) is 0 Å². The monoisotopic (exact) mass is 321 g/mol. The minimum Gasteiger partial charge on any atom is -0.459 e. The molecule has 1 heterocycles. The van der Waals surface area contributed by atoms with E-state index in [2.05, 4.69) is 16.0 Å². The number of anilines is 1. The maximum absolute atomic E-state index is 11.7. The number of nitrogens with one attached hydrogen (secondary N) is 3. The van der Waals surface area contributed by atoms with Crippen LogP contribution in [0.2, 0.25) is 5.02 Å². The molecule has 0 aliphatic rings. The Morgan fingerprint density at radius 1 is 1.18 bits per heavy atom. The Kier molecular flexibility index (Phi) is 5.43. The Morgan fingerprint density at radius 3 is 2.64 bits per heavy atom. The molecule has 22 heavy (non-hydrogen) atoms. The molecule has 116 valence electrons. The number of aryl methyl sites for hydroxylation is 1. The SMILES string of the molecule is Cc1cc(Cl)ccc1NC(=O)NCCNC(=O)c1ccco1. The highest BCUT2D eigenvalue weighted by Gasteiger charge is 2.08. The second kappa shape index (κ2) is 7.51. The minimum atomic E-state index is -0.349. The zero-order valence-corrected chi connectivity index (χ0v) is 12.7. The summed E-state index contributed by atoms with van der Waals surface area (Å²) in [6.07, 6.45) is 1.43. The van der Waals surface area contributed by atoms with E-state index in [0.29, 0.717) is 23.8 Å². The molecule has 0 unspecified atom stereocenters. The molecule has 0 saturated heterocycles. The van der Waals surface area contributed by atoms with Gasteiger partial charge in [-0.2, -0.15) is 0 Å². The lowest BCUT2D eigenvalue weighted by atomic mass is 10.2. The summed E-state index contributed by atoms with van der Waals surface area (Å²) >= 11 is 5.85. The molecule has 3 amide bonds. The summed E-state index contributed by atoms with van der Waals surface area (Å²) in [5.74, 6) is -0.0815. The van der Waals surface area contributed by atoms with E-state index < -0.39 is 0 Å². The average molecular weight is 322 g/mol. The Balaban J connectivity index is 1.71. The van der Waals surface area contributed by atoms with E-state index in [1.54, 1.807) is 30.3 Å². The highest BCUT2D eigenvalue weighted by Crippen LogP contribution is 2.19. The first-order chi connectivity index (χ1) is 10.6. The minimum absolute atomic E-state index is 0.237. The molecule has 0 radical (unpaired) electrons. The van der Waals surface area contributed by atoms with Crippen molar-refractivity contribution < 1.29 is 14.0 Å². The topological polar surface area (TPSA) is 83.4 Å². The van der Waals surface area contributed by atoms with Crippen molar-refractivity contribution in [1.29, 1.82) is 0 Å². The van der Waals surface area contributed by atoms with Crippen LogP contribution < -0.4 is 16.0 Å². The number of furan rings is 1. The molecular weight excluding hydrogens is 306 g/mol. The molecule has 7 heteroatoms. The Morgan fingerprint density at radius 2 is 1.95 bits per heavy atom. The van der Waals surface area contributed by atoms with Crippen LogP contribution in [0.4, 0.5) is 10.5 Å². The molecular formula is C15H16ClN3O3. The van der Waals surface area contributed by atoms with Gasteiger partial charge in [-0.3, -0.25) is 4.79 Å². The third kappa shape index (κ3) is 4.53. The van der Waals surface area contributed by atoms with Crippen molar-refractivity contribution in [3.63, 3.8) is 0 Å². The van der Waals surface area contributed by atoms with Gasteiger partial charge >= 0.3 is 6.03 Å². The van der Waals surface area contributed by atoms with Crippen molar-refractivity contribution in [1.82, 2.24) is 10.6 Å². The predicted molar refractivity (Wildman–Crippen MR) is 84.3 cm³/mol. The van der Waals surface area contributed by atoms with Crippen molar-refractivity contribution in [3.05, 3.63) is 52.9 Å². The van der Waals surface area contributed by atoms with Gasteiger partial charge in [0, 0.05) is 23.8 Å². The van der Waals surface area contributed by atoms with Crippen LogP contribution in [0, 0.1) is 6.92 Å². The summed E-state index contributed by atoms with van der Waals surface area (Å²) in [6.45, 7) is 2.45. The van der Waals surface area contributed by atoms with Crippen LogP contribution in [-0.4, -0.2) is 25.0 Å². The first-order valence-corrected chi connectivity index (χ1v) is 7.07. The molecule has 0 aliphatic carbocycles. The van der Waals surface area contributed by atoms with Crippen LogP contribution >= 0.6 is 11.6 Å². The Hall–Kier alpha value is -2.47. The van der Waals surface area contributed by atoms with Crippen LogP contribution in [0.25, 0.3) is 0 Å². The fourth-order valence-corrected chi connectivity index (χ4v) is 2.01. The van der Waals surface area contributed by atoms with Crippen molar-refractivity contribution in [2.45, 2.75) is 6.92 Å². The number of amides is 3. The van der Waals surface area contributed by atoms with Gasteiger partial charge in [-0.1, -0.05) is 11.6 Å². The van der Waals surface area contributed by atoms with E-state index >= 15 is 0 Å². The summed E-state index contributed by atoms with van der Waals surface area (Å²) in [7, 11) is 0. The highest BCUT2D eigenvalue weighted by atomic mass is 35.5. The zero-order valence-electron chi connectivity index (χ0n) is 12.0. The van der Waals surface area contributed by atoms with Gasteiger partial charge in [-0.15, -0.1) is 0 Å². The zero-order chi connectivity index (χ0) is 15.9. The predicted octanol–water partition coefficient (Wildman–Crippen LogP) is 2.79. The van der Waals surface area contributed by atoms with E-state index in [0.717, 1.165) is 5.56 Å². The third-order valence-electron chi connectivity index (χ3n) is 2.88. The first-order valence-electron chi connectivity index (χ1n) is 6.69. The number of rotatable bonds is 5. The van der Waals surface area contributed by atoms with Gasteiger partial charge in [0.15, 0.2) is 5.76 Å². The van der Waals surface area contributed by atoms with Crippen molar-refractivity contribution in [2.75, 3.05) is 18.4 Å². The third-order valence-corrected chi connectivity index (χ3v) is 3.11. The normalized spacial score (nSPS) is 10.1. The lowest BCUT2D eigenvalue weighted by molar-refractivity contribution is 0.0926. The standard InChI is InChI=1S/C15H16ClN3O3/c1-10-9-11(16)4-5-12(10)19-15(21)18-7-6-17-14(20)13-3-2-8-22-13/h2-5,8-9H,6-7H2,1H3,(H,17,20)(H2,18,19,21). The van der Waals surface area contributed by atoms with Crippen LogP contribution in [0.15, 0.2) is 41.0 Å². The fourth-order valence-electron chi connectivity index (χ4n) is 1.78. The molecule has 6 nitrogen and oxygen atoms in total. The number of urea groups is 1. The molecule has 0 atom stereocenters. The van der Waals surface area contributed by atoms with E-state index in [9.17, 15) is 9.59 Å². The van der Waals surface area contributed by atoms with Gasteiger partial charge in [0.2, 0.25) is 0 Å². The quantitative estimate of drug-likeness (QED) is 0.740. The summed E-state index contributed by atoms with van der Waals surface area (Å²) in [6, 6.07) is 8.05. The number of carbonyl (C=O) groups is 2. The first kappa shape index (κ1) is 15.9. The van der Waals surface area contributed by atoms with Gasteiger partial charge < -0.3 is 20.4 Å². The lowest BCUT2D eigenvalue weighted by Crippen LogP contribution is -2.36. The Bertz CT molecular complexity index is 656. The van der Waals surface area contributed by atoms with Gasteiger partial charge in [0.1, 0.15) is 0 Å². The number of halogens is 1. The van der Waals surface area contributed by atoms with Crippen molar-refractivity contribution >= 4 is 29.2 Å². The largest absolute Gasteiger partial charge is 0.459 e. The van der Waals surface area contributed by atoms with E-state index in [1.165, 1.54) is 6.26 Å². The van der Waals surface area contributed by atoms with Gasteiger partial charge in [0.25, 0.3) is 5.91 Å². The van der Waals surface area contributed by atoms with E-state index in [1.807, 2.05) is 6.92 Å². The Labute approximate surface area is 132 Å². The second-order valence-electron chi connectivity index (χ2n) is 4.57.